The summed E-state index contributed by atoms with van der Waals surface area (Å²) in [6.45, 7) is 13.5. The molecule has 39 heavy (non-hydrogen) atoms. The number of halogens is 1. The highest BCUT2D eigenvalue weighted by molar-refractivity contribution is 6.34. The highest BCUT2D eigenvalue weighted by atomic mass is 35.5. The smallest absolute Gasteiger partial charge is 0.253 e. The van der Waals surface area contributed by atoms with Crippen LogP contribution in [0.15, 0.2) is 43.5 Å². The number of fused-ring (bicyclic) bond motifs is 1. The molecule has 3 aliphatic heterocycles. The topological polar surface area (TPSA) is 90.4 Å². The fraction of sp³-hybridized carbons (Fsp3) is 0.567. The van der Waals surface area contributed by atoms with Crippen LogP contribution >= 0.6 is 11.6 Å². The normalized spacial score (nSPS) is 29.7. The van der Waals surface area contributed by atoms with Gasteiger partial charge in [-0.2, -0.15) is 0 Å². The monoisotopic (exact) mass is 557 g/mol. The summed E-state index contributed by atoms with van der Waals surface area (Å²) >= 11 is 6.62. The molecule has 3 saturated heterocycles. The van der Waals surface area contributed by atoms with Crippen LogP contribution in [0.5, 0.6) is 0 Å². The fourth-order valence-electron chi connectivity index (χ4n) is 7.17. The number of hydrogen-bond acceptors (Lipinski definition) is 5. The van der Waals surface area contributed by atoms with Crippen molar-refractivity contribution in [3.63, 3.8) is 0 Å². The molecule has 8 nitrogen and oxygen atoms in total. The number of amides is 3. The summed E-state index contributed by atoms with van der Waals surface area (Å²) in [5, 5.41) is 10.7. The Kier molecular flexibility index (Phi) is 8.31. The highest BCUT2D eigenvalue weighted by Crippen LogP contribution is 2.65. The quantitative estimate of drug-likeness (QED) is 0.419. The molecule has 6 atom stereocenters. The Balaban J connectivity index is 1.90. The molecule has 3 amide bonds. The number of benzene rings is 1. The number of rotatable bonds is 11. The average molecular weight is 558 g/mol. The third-order valence-electron chi connectivity index (χ3n) is 9.01. The maximum absolute atomic E-state index is 14.7. The summed E-state index contributed by atoms with van der Waals surface area (Å²) in [4.78, 5) is 47.6. The van der Waals surface area contributed by atoms with Crippen LogP contribution in [0, 0.1) is 18.8 Å². The van der Waals surface area contributed by atoms with Crippen molar-refractivity contribution in [2.24, 2.45) is 11.8 Å². The molecular formula is C30H40ClN3O5. The van der Waals surface area contributed by atoms with Gasteiger partial charge in [0.05, 0.1) is 40.8 Å². The lowest BCUT2D eigenvalue weighted by Crippen LogP contribution is -2.59. The number of carbonyl (C=O) groups is 3. The van der Waals surface area contributed by atoms with Crippen LogP contribution in [-0.2, 0) is 19.1 Å². The number of likely N-dealkylation sites (tertiary alicyclic amines) is 1. The minimum absolute atomic E-state index is 0.169. The van der Waals surface area contributed by atoms with Crippen LogP contribution in [0.4, 0.5) is 5.69 Å². The molecular weight excluding hydrogens is 518 g/mol. The summed E-state index contributed by atoms with van der Waals surface area (Å²) in [6, 6.07) is 3.78. The predicted octanol–water partition coefficient (Wildman–Crippen LogP) is 3.74. The SMILES string of the molecule is C=CCN(C)C(=O)[C@H]1[C@H]2C(=O)N([C@@H](CC)CO)C(C(=O)N(CC=C)c3c(C)cccc3Cl)C23CC[C@]1(CC)O3. The number of para-hydroxylation sites is 1. The molecule has 1 spiro atoms. The van der Waals surface area contributed by atoms with Gasteiger partial charge in [0.2, 0.25) is 11.8 Å². The lowest BCUT2D eigenvalue weighted by Gasteiger charge is -2.39. The summed E-state index contributed by atoms with van der Waals surface area (Å²) < 4.78 is 6.86. The molecule has 1 aromatic rings. The summed E-state index contributed by atoms with van der Waals surface area (Å²) in [5.41, 5.74) is -0.694. The first-order chi connectivity index (χ1) is 18.6. The first-order valence-corrected chi connectivity index (χ1v) is 14.1. The van der Waals surface area contributed by atoms with Crippen molar-refractivity contribution in [2.45, 2.75) is 69.7 Å². The second-order valence-electron chi connectivity index (χ2n) is 11.0. The van der Waals surface area contributed by atoms with E-state index < -0.39 is 35.1 Å². The molecule has 0 aliphatic carbocycles. The van der Waals surface area contributed by atoms with Crippen molar-refractivity contribution >= 4 is 35.0 Å². The van der Waals surface area contributed by atoms with Gasteiger partial charge in [0.1, 0.15) is 11.6 Å². The molecule has 3 aliphatic rings. The van der Waals surface area contributed by atoms with Gasteiger partial charge >= 0.3 is 0 Å². The van der Waals surface area contributed by atoms with E-state index in [0.29, 0.717) is 42.9 Å². The molecule has 3 heterocycles. The number of nitrogens with zero attached hydrogens (tertiary/aromatic N) is 3. The van der Waals surface area contributed by atoms with Crippen molar-refractivity contribution < 1.29 is 24.2 Å². The summed E-state index contributed by atoms with van der Waals surface area (Å²) in [7, 11) is 1.69. The van der Waals surface area contributed by atoms with Gasteiger partial charge in [-0.3, -0.25) is 14.4 Å². The molecule has 9 heteroatoms. The van der Waals surface area contributed by atoms with Gasteiger partial charge in [0, 0.05) is 20.1 Å². The number of carbonyl (C=O) groups excluding carboxylic acids is 3. The standard InChI is InChI=1S/C30H40ClN3O5/c1-7-16-32(6)26(36)22-23-27(37)34(20(9-3)18-35)25(30(23)15-14-29(22,10-4)39-30)28(38)33(17-8-2)24-19(5)12-11-13-21(24)31/h7-8,11-13,20,22-23,25,35H,1-2,9-10,14-18H2,3-6H3/t20-,22+,23-,25?,29-,30?/m0/s1. The van der Waals surface area contributed by atoms with Crippen LogP contribution in [0.1, 0.15) is 45.1 Å². The Labute approximate surface area is 236 Å². The Bertz CT molecular complexity index is 1150. The number of anilines is 1. The van der Waals surface area contributed by atoms with E-state index in [1.807, 2.05) is 32.9 Å². The van der Waals surface area contributed by atoms with Crippen molar-refractivity contribution in [1.29, 1.82) is 0 Å². The van der Waals surface area contributed by atoms with Crippen LogP contribution < -0.4 is 4.90 Å². The van der Waals surface area contributed by atoms with E-state index in [-0.39, 0.29) is 30.9 Å². The molecule has 0 aromatic heterocycles. The number of ether oxygens (including phenoxy) is 1. The molecule has 0 saturated carbocycles. The van der Waals surface area contributed by atoms with E-state index >= 15 is 0 Å². The minimum Gasteiger partial charge on any atom is -0.394 e. The van der Waals surface area contributed by atoms with E-state index in [2.05, 4.69) is 13.2 Å². The molecule has 3 fully saturated rings. The average Bonchev–Trinajstić information content (AvgIpc) is 3.52. The van der Waals surface area contributed by atoms with Crippen molar-refractivity contribution in [3.8, 4) is 0 Å². The van der Waals surface area contributed by atoms with Gasteiger partial charge in [0.15, 0.2) is 0 Å². The second kappa shape index (κ2) is 11.1. The van der Waals surface area contributed by atoms with Gasteiger partial charge in [-0.1, -0.05) is 49.7 Å². The van der Waals surface area contributed by atoms with Crippen LogP contribution in [0.2, 0.25) is 5.02 Å². The first-order valence-electron chi connectivity index (χ1n) is 13.8. The highest BCUT2D eigenvalue weighted by Gasteiger charge is 2.79. The minimum atomic E-state index is -1.20. The zero-order chi connectivity index (χ0) is 28.7. The van der Waals surface area contributed by atoms with Gasteiger partial charge in [-0.25, -0.2) is 0 Å². The third-order valence-corrected chi connectivity index (χ3v) is 9.31. The first kappa shape index (κ1) is 29.3. The van der Waals surface area contributed by atoms with Crippen molar-refractivity contribution in [1.82, 2.24) is 9.80 Å². The summed E-state index contributed by atoms with van der Waals surface area (Å²) in [6.07, 6.45) is 5.27. The Morgan fingerprint density at radius 3 is 2.49 bits per heavy atom. The van der Waals surface area contributed by atoms with Crippen LogP contribution in [0.25, 0.3) is 0 Å². The van der Waals surface area contributed by atoms with Gasteiger partial charge in [-0.15, -0.1) is 13.2 Å². The van der Waals surface area contributed by atoms with E-state index in [4.69, 9.17) is 16.3 Å². The predicted molar refractivity (Wildman–Crippen MR) is 151 cm³/mol. The maximum atomic E-state index is 14.7. The lowest BCUT2D eigenvalue weighted by atomic mass is 9.64. The Morgan fingerprint density at radius 2 is 1.92 bits per heavy atom. The largest absolute Gasteiger partial charge is 0.394 e. The molecule has 4 rings (SSSR count). The number of likely N-dealkylation sites (N-methyl/N-ethyl adjacent to an activating group) is 1. The Morgan fingerprint density at radius 1 is 1.23 bits per heavy atom. The molecule has 0 radical (unpaired) electrons. The number of aryl methyl sites for hydroxylation is 1. The Hall–Kier alpha value is -2.68. The fourth-order valence-corrected chi connectivity index (χ4v) is 7.50. The van der Waals surface area contributed by atoms with Crippen LogP contribution in [-0.4, -0.2) is 82.7 Å². The van der Waals surface area contributed by atoms with E-state index in [0.717, 1.165) is 5.56 Å². The van der Waals surface area contributed by atoms with Crippen molar-refractivity contribution in [2.75, 3.05) is 31.6 Å². The lowest BCUT2D eigenvalue weighted by molar-refractivity contribution is -0.153. The second-order valence-corrected chi connectivity index (χ2v) is 11.4. The molecule has 1 aromatic carbocycles. The maximum Gasteiger partial charge on any atom is 0.253 e. The molecule has 2 unspecified atom stereocenters. The van der Waals surface area contributed by atoms with Crippen molar-refractivity contribution in [3.05, 3.63) is 54.1 Å². The molecule has 2 bridgehead atoms. The van der Waals surface area contributed by atoms with E-state index in [9.17, 15) is 19.5 Å². The van der Waals surface area contributed by atoms with E-state index in [1.165, 1.54) is 4.90 Å². The molecule has 212 valence electrons. The zero-order valence-corrected chi connectivity index (χ0v) is 24.1. The molecule has 1 N–H and O–H groups in total. The van der Waals surface area contributed by atoms with Gasteiger partial charge in [-0.05, 0) is 44.2 Å². The number of aliphatic hydroxyl groups excluding tert-OH is 1. The van der Waals surface area contributed by atoms with E-state index in [1.54, 1.807) is 35.1 Å². The number of hydrogen-bond donors (Lipinski definition) is 1. The van der Waals surface area contributed by atoms with Crippen LogP contribution in [0.3, 0.4) is 0 Å². The zero-order valence-electron chi connectivity index (χ0n) is 23.4. The van der Waals surface area contributed by atoms with Gasteiger partial charge < -0.3 is 24.5 Å². The summed E-state index contributed by atoms with van der Waals surface area (Å²) in [5.74, 6) is -2.43. The third kappa shape index (κ3) is 4.32. The van der Waals surface area contributed by atoms with Gasteiger partial charge in [0.25, 0.3) is 5.91 Å². The number of aliphatic hydroxyl groups is 1.